The number of hydrogen-bond donors (Lipinski definition) is 0. The number of rotatable bonds is 2. The maximum atomic E-state index is 4.09. The maximum Gasteiger partial charge on any atom is 0.155 e. The first kappa shape index (κ1) is 8.00. The zero-order valence-corrected chi connectivity index (χ0v) is 7.48. The summed E-state index contributed by atoms with van der Waals surface area (Å²) >= 11 is 1.57. The first-order valence-electron chi connectivity index (χ1n) is 3.65. The molecule has 0 aliphatic heterocycles. The van der Waals surface area contributed by atoms with Gasteiger partial charge in [0.05, 0.1) is 0 Å². The Morgan fingerprint density at radius 1 is 1.08 bits per heavy atom. The molecule has 5 heteroatoms. The average Bonchev–Trinajstić information content (AvgIpc) is 2.69. The highest BCUT2D eigenvalue weighted by Gasteiger charge is 1.89. The van der Waals surface area contributed by atoms with Crippen LogP contribution in [0, 0.1) is 0 Å². The summed E-state index contributed by atoms with van der Waals surface area (Å²) in [5.74, 6) is 0.644. The summed E-state index contributed by atoms with van der Waals surface area (Å²) in [4.78, 5) is 15.7. The average molecular weight is 190 g/mol. The fraction of sp³-hybridized carbons (Fsp3) is 0. The first-order chi connectivity index (χ1) is 6.45. The molecule has 0 aliphatic rings. The predicted octanol–water partition coefficient (Wildman–Crippen LogP) is 1.50. The van der Waals surface area contributed by atoms with Crippen LogP contribution in [0.25, 0.3) is 12.2 Å². The van der Waals surface area contributed by atoms with E-state index in [4.69, 9.17) is 0 Å². The van der Waals surface area contributed by atoms with Crippen molar-refractivity contribution in [1.82, 2.24) is 19.9 Å². The van der Waals surface area contributed by atoms with Gasteiger partial charge >= 0.3 is 0 Å². The van der Waals surface area contributed by atoms with Gasteiger partial charge in [-0.2, -0.15) is 0 Å². The monoisotopic (exact) mass is 190 g/mol. The molecule has 0 spiro atoms. The van der Waals surface area contributed by atoms with E-state index in [0.717, 1.165) is 5.01 Å². The first-order valence-corrected chi connectivity index (χ1v) is 4.53. The number of nitrogens with zero attached hydrogens (tertiary/aromatic N) is 4. The molecule has 0 aromatic carbocycles. The van der Waals surface area contributed by atoms with Gasteiger partial charge in [-0.3, -0.25) is 0 Å². The predicted molar refractivity (Wildman–Crippen MR) is 50.9 cm³/mol. The van der Waals surface area contributed by atoms with E-state index in [1.807, 2.05) is 11.5 Å². The Bertz CT molecular complexity index is 382. The van der Waals surface area contributed by atoms with Gasteiger partial charge in [0, 0.05) is 11.6 Å². The summed E-state index contributed by atoms with van der Waals surface area (Å²) in [6.07, 6.45) is 8.38. The van der Waals surface area contributed by atoms with Crippen molar-refractivity contribution in [1.29, 1.82) is 0 Å². The molecule has 0 saturated heterocycles. The van der Waals surface area contributed by atoms with Gasteiger partial charge in [0.25, 0.3) is 0 Å². The Morgan fingerprint density at radius 2 is 1.92 bits per heavy atom. The molecule has 0 radical (unpaired) electrons. The molecule has 2 heterocycles. The molecule has 64 valence electrons. The van der Waals surface area contributed by atoms with Crippen LogP contribution >= 0.6 is 11.3 Å². The summed E-state index contributed by atoms with van der Waals surface area (Å²) in [6.45, 7) is 0. The summed E-state index contributed by atoms with van der Waals surface area (Å²) in [5.41, 5.74) is 0. The smallest absolute Gasteiger partial charge is 0.155 e. The third kappa shape index (κ3) is 2.16. The summed E-state index contributed by atoms with van der Waals surface area (Å²) in [7, 11) is 0. The van der Waals surface area contributed by atoms with Gasteiger partial charge < -0.3 is 0 Å². The van der Waals surface area contributed by atoms with Crippen LogP contribution < -0.4 is 0 Å². The van der Waals surface area contributed by atoms with Crippen molar-refractivity contribution >= 4 is 23.5 Å². The van der Waals surface area contributed by atoms with Gasteiger partial charge in [-0.25, -0.2) is 19.9 Å². The summed E-state index contributed by atoms with van der Waals surface area (Å²) < 4.78 is 0. The van der Waals surface area contributed by atoms with Crippen molar-refractivity contribution in [3.63, 3.8) is 0 Å². The van der Waals surface area contributed by atoms with E-state index in [2.05, 4.69) is 19.9 Å². The molecule has 2 aromatic rings. The lowest BCUT2D eigenvalue weighted by atomic mass is 10.5. The number of hydrogen-bond acceptors (Lipinski definition) is 5. The van der Waals surface area contributed by atoms with Crippen LogP contribution in [-0.2, 0) is 0 Å². The standard InChI is InChI=1S/C8H6N4S/c1(2-8-10-3-4-13-8)7-11-5-9-6-12-7/h1-6H/b2-1+. The molecule has 0 N–H and O–H groups in total. The van der Waals surface area contributed by atoms with Crippen molar-refractivity contribution in [3.05, 3.63) is 35.1 Å². The Balaban J connectivity index is 2.15. The second kappa shape index (κ2) is 3.86. The molecule has 0 amide bonds. The highest BCUT2D eigenvalue weighted by Crippen LogP contribution is 2.07. The van der Waals surface area contributed by atoms with Crippen LogP contribution in [-0.4, -0.2) is 19.9 Å². The highest BCUT2D eigenvalue weighted by atomic mass is 32.1. The van der Waals surface area contributed by atoms with Crippen LogP contribution in [0.1, 0.15) is 10.8 Å². The van der Waals surface area contributed by atoms with Crippen molar-refractivity contribution < 1.29 is 0 Å². The SMILES string of the molecule is C(=C\c1nccs1)/c1ncncn1. The van der Waals surface area contributed by atoms with Gasteiger partial charge in [-0.15, -0.1) is 11.3 Å². The second-order valence-electron chi connectivity index (χ2n) is 2.20. The number of aromatic nitrogens is 4. The Morgan fingerprint density at radius 3 is 2.62 bits per heavy atom. The van der Waals surface area contributed by atoms with Crippen LogP contribution in [0.4, 0.5) is 0 Å². The quantitative estimate of drug-likeness (QED) is 0.720. The van der Waals surface area contributed by atoms with E-state index < -0.39 is 0 Å². The molecule has 13 heavy (non-hydrogen) atoms. The fourth-order valence-electron chi connectivity index (χ4n) is 0.797. The third-order valence-electron chi connectivity index (χ3n) is 1.34. The highest BCUT2D eigenvalue weighted by molar-refractivity contribution is 7.10. The van der Waals surface area contributed by atoms with E-state index >= 15 is 0 Å². The van der Waals surface area contributed by atoms with Gasteiger partial charge in [-0.1, -0.05) is 0 Å². The van der Waals surface area contributed by atoms with Gasteiger partial charge in [0.1, 0.15) is 17.7 Å². The minimum Gasteiger partial charge on any atom is -0.245 e. The zero-order valence-electron chi connectivity index (χ0n) is 6.66. The molecule has 0 unspecified atom stereocenters. The Hall–Kier alpha value is -1.62. The van der Waals surface area contributed by atoms with Crippen molar-refractivity contribution in [2.75, 3.05) is 0 Å². The normalized spacial score (nSPS) is 10.8. The topological polar surface area (TPSA) is 51.6 Å². The van der Waals surface area contributed by atoms with Crippen molar-refractivity contribution in [3.8, 4) is 0 Å². The minimum atomic E-state index is 0.644. The summed E-state index contributed by atoms with van der Waals surface area (Å²) in [5, 5.41) is 2.87. The number of thiazole rings is 1. The van der Waals surface area contributed by atoms with Gasteiger partial charge in [-0.05, 0) is 12.2 Å². The van der Waals surface area contributed by atoms with Gasteiger partial charge in [0.2, 0.25) is 0 Å². The van der Waals surface area contributed by atoms with Crippen molar-refractivity contribution in [2.24, 2.45) is 0 Å². The molecule has 0 fully saturated rings. The zero-order chi connectivity index (χ0) is 8.93. The summed E-state index contributed by atoms with van der Waals surface area (Å²) in [6, 6.07) is 0. The fourth-order valence-corrected chi connectivity index (χ4v) is 1.33. The van der Waals surface area contributed by atoms with E-state index in [0.29, 0.717) is 5.82 Å². The molecule has 4 nitrogen and oxygen atoms in total. The molecule has 0 aliphatic carbocycles. The van der Waals surface area contributed by atoms with Crippen LogP contribution in [0.3, 0.4) is 0 Å². The Kier molecular flexibility index (Phi) is 2.38. The van der Waals surface area contributed by atoms with Crippen molar-refractivity contribution in [2.45, 2.75) is 0 Å². The third-order valence-corrected chi connectivity index (χ3v) is 2.08. The lowest BCUT2D eigenvalue weighted by molar-refractivity contribution is 1.03. The van der Waals surface area contributed by atoms with E-state index in [1.165, 1.54) is 12.7 Å². The molecular weight excluding hydrogens is 184 g/mol. The molecule has 2 aromatic heterocycles. The van der Waals surface area contributed by atoms with Crippen LogP contribution in [0.15, 0.2) is 24.2 Å². The molecule has 0 atom stereocenters. The molecule has 0 bridgehead atoms. The van der Waals surface area contributed by atoms with Crippen LogP contribution in [0.5, 0.6) is 0 Å². The molecule has 2 rings (SSSR count). The van der Waals surface area contributed by atoms with E-state index in [1.54, 1.807) is 23.6 Å². The molecule has 0 saturated carbocycles. The second-order valence-corrected chi connectivity index (χ2v) is 3.13. The van der Waals surface area contributed by atoms with Gasteiger partial charge in [0.15, 0.2) is 5.82 Å². The van der Waals surface area contributed by atoms with Crippen LogP contribution in [0.2, 0.25) is 0 Å². The van der Waals surface area contributed by atoms with E-state index in [-0.39, 0.29) is 0 Å². The Labute approximate surface area is 79.0 Å². The lowest BCUT2D eigenvalue weighted by Crippen LogP contribution is -1.85. The molecular formula is C8H6N4S. The maximum absolute atomic E-state index is 4.09. The minimum absolute atomic E-state index is 0.644. The van der Waals surface area contributed by atoms with E-state index in [9.17, 15) is 0 Å². The largest absolute Gasteiger partial charge is 0.245 e. The lowest BCUT2D eigenvalue weighted by Gasteiger charge is -1.86.